The van der Waals surface area contributed by atoms with E-state index in [1.165, 1.54) is 7.11 Å². The minimum Gasteiger partial charge on any atom is -0.495 e. The summed E-state index contributed by atoms with van der Waals surface area (Å²) >= 11 is 3.35. The number of hydrogen-bond donors (Lipinski definition) is 0. The van der Waals surface area contributed by atoms with E-state index >= 15 is 0 Å². The van der Waals surface area contributed by atoms with Crippen molar-refractivity contribution in [2.24, 2.45) is 0 Å². The molecular weight excluding hydrogens is 316 g/mol. The van der Waals surface area contributed by atoms with Crippen LogP contribution >= 0.6 is 15.9 Å². The second kappa shape index (κ2) is 8.14. The van der Waals surface area contributed by atoms with E-state index < -0.39 is 0 Å². The molecule has 1 aromatic rings. The van der Waals surface area contributed by atoms with Crippen LogP contribution in [-0.4, -0.2) is 46.9 Å². The van der Waals surface area contributed by atoms with Crippen LogP contribution in [0.2, 0.25) is 0 Å². The Kier molecular flexibility index (Phi) is 6.83. The number of ketones is 1. The maximum atomic E-state index is 12.0. The molecule has 1 rings (SSSR count). The topological polar surface area (TPSA) is 54.0 Å². The highest BCUT2D eigenvalue weighted by atomic mass is 79.9. The molecule has 0 aliphatic heterocycles. The predicted octanol–water partition coefficient (Wildman–Crippen LogP) is 2.31. The fourth-order valence-corrected chi connectivity index (χ4v) is 2.17. The van der Waals surface area contributed by atoms with Gasteiger partial charge in [-0.25, -0.2) is 0 Å². The molecule has 0 saturated carbocycles. The zero-order chi connectivity index (χ0) is 14.3. The molecule has 0 fully saturated rings. The molecule has 0 heterocycles. The number of methoxy groups -OCH3 is 3. The SMILES string of the molecule is COCCOCC(=O)c1ccc(OC)c(Br)c1OC. The highest BCUT2D eigenvalue weighted by Gasteiger charge is 2.18. The average Bonchev–Trinajstić information content (AvgIpc) is 2.43. The van der Waals surface area contributed by atoms with Crippen LogP contribution in [0.25, 0.3) is 0 Å². The van der Waals surface area contributed by atoms with Crippen LogP contribution in [-0.2, 0) is 9.47 Å². The summed E-state index contributed by atoms with van der Waals surface area (Å²) in [6.07, 6.45) is 0. The van der Waals surface area contributed by atoms with Gasteiger partial charge in [-0.15, -0.1) is 0 Å². The molecule has 6 heteroatoms. The van der Waals surface area contributed by atoms with Gasteiger partial charge in [0.2, 0.25) is 0 Å². The van der Waals surface area contributed by atoms with Crippen LogP contribution in [0, 0.1) is 0 Å². The van der Waals surface area contributed by atoms with Crippen LogP contribution in [0.1, 0.15) is 10.4 Å². The Morgan fingerprint density at radius 3 is 2.47 bits per heavy atom. The molecule has 0 N–H and O–H groups in total. The fourth-order valence-electron chi connectivity index (χ4n) is 1.50. The summed E-state index contributed by atoms with van der Waals surface area (Å²) in [5.74, 6) is 0.893. The van der Waals surface area contributed by atoms with Crippen LogP contribution in [0.15, 0.2) is 16.6 Å². The Morgan fingerprint density at radius 2 is 1.89 bits per heavy atom. The van der Waals surface area contributed by atoms with Gasteiger partial charge in [-0.3, -0.25) is 4.79 Å². The van der Waals surface area contributed by atoms with Gasteiger partial charge in [0.05, 0.1) is 33.0 Å². The Morgan fingerprint density at radius 1 is 1.16 bits per heavy atom. The first-order valence-corrected chi connectivity index (χ1v) is 6.45. The van der Waals surface area contributed by atoms with Crippen molar-refractivity contribution in [2.45, 2.75) is 0 Å². The summed E-state index contributed by atoms with van der Waals surface area (Å²) in [7, 11) is 4.63. The lowest BCUT2D eigenvalue weighted by atomic mass is 10.1. The van der Waals surface area contributed by atoms with E-state index in [2.05, 4.69) is 15.9 Å². The predicted molar refractivity (Wildman–Crippen MR) is 74.3 cm³/mol. The third-order valence-electron chi connectivity index (χ3n) is 2.45. The van der Waals surface area contributed by atoms with E-state index in [0.29, 0.717) is 34.7 Å². The second-order valence-corrected chi connectivity index (χ2v) is 4.42. The number of benzene rings is 1. The molecule has 0 amide bonds. The summed E-state index contributed by atoms with van der Waals surface area (Å²) in [5.41, 5.74) is 0.451. The average molecular weight is 333 g/mol. The maximum absolute atomic E-state index is 12.0. The monoisotopic (exact) mass is 332 g/mol. The largest absolute Gasteiger partial charge is 0.495 e. The molecule has 0 spiro atoms. The number of Topliss-reactive ketones (excluding diaryl/α,β-unsaturated/α-hetero) is 1. The zero-order valence-electron chi connectivity index (χ0n) is 11.2. The fraction of sp³-hybridized carbons (Fsp3) is 0.462. The van der Waals surface area contributed by atoms with E-state index in [1.54, 1.807) is 26.4 Å². The first-order valence-electron chi connectivity index (χ1n) is 5.66. The summed E-state index contributed by atoms with van der Waals surface area (Å²) in [5, 5.41) is 0. The highest BCUT2D eigenvalue weighted by molar-refractivity contribution is 9.10. The summed E-state index contributed by atoms with van der Waals surface area (Å²) in [4.78, 5) is 12.0. The van der Waals surface area contributed by atoms with Gasteiger partial charge in [-0.2, -0.15) is 0 Å². The van der Waals surface area contributed by atoms with Gasteiger partial charge in [0.15, 0.2) is 5.78 Å². The van der Waals surface area contributed by atoms with Gasteiger partial charge in [0, 0.05) is 7.11 Å². The summed E-state index contributed by atoms with van der Waals surface area (Å²) < 4.78 is 21.0. The molecule has 0 aliphatic carbocycles. The lowest BCUT2D eigenvalue weighted by molar-refractivity contribution is 0.0575. The molecule has 0 atom stereocenters. The minimum absolute atomic E-state index is 0.0154. The molecule has 0 aromatic heterocycles. The maximum Gasteiger partial charge on any atom is 0.192 e. The van der Waals surface area contributed by atoms with E-state index in [-0.39, 0.29) is 12.4 Å². The van der Waals surface area contributed by atoms with E-state index in [4.69, 9.17) is 18.9 Å². The molecule has 106 valence electrons. The first kappa shape index (κ1) is 15.9. The van der Waals surface area contributed by atoms with Crippen LogP contribution < -0.4 is 9.47 Å². The lowest BCUT2D eigenvalue weighted by Gasteiger charge is -2.12. The van der Waals surface area contributed by atoms with Gasteiger partial charge in [0.25, 0.3) is 0 Å². The van der Waals surface area contributed by atoms with Crippen molar-refractivity contribution in [1.82, 2.24) is 0 Å². The van der Waals surface area contributed by atoms with Gasteiger partial charge < -0.3 is 18.9 Å². The molecule has 5 nitrogen and oxygen atoms in total. The summed E-state index contributed by atoms with van der Waals surface area (Å²) in [6, 6.07) is 3.36. The highest BCUT2D eigenvalue weighted by Crippen LogP contribution is 2.37. The Hall–Kier alpha value is -1.11. The van der Waals surface area contributed by atoms with Crippen LogP contribution in [0.5, 0.6) is 11.5 Å². The smallest absolute Gasteiger partial charge is 0.192 e. The van der Waals surface area contributed by atoms with Gasteiger partial charge >= 0.3 is 0 Å². The number of halogens is 1. The molecule has 0 radical (unpaired) electrons. The minimum atomic E-state index is -0.156. The number of hydrogen-bond acceptors (Lipinski definition) is 5. The number of carbonyl (C=O) groups is 1. The molecule has 1 aromatic carbocycles. The first-order chi connectivity index (χ1) is 9.15. The zero-order valence-corrected chi connectivity index (χ0v) is 12.8. The van der Waals surface area contributed by atoms with E-state index in [0.717, 1.165) is 0 Å². The van der Waals surface area contributed by atoms with Crippen LogP contribution in [0.4, 0.5) is 0 Å². The molecule has 0 saturated heterocycles. The van der Waals surface area contributed by atoms with E-state index in [9.17, 15) is 4.79 Å². The molecule has 0 aliphatic rings. The standard InChI is InChI=1S/C13H17BrO5/c1-16-6-7-19-8-10(15)9-4-5-11(17-2)12(14)13(9)18-3/h4-5H,6-8H2,1-3H3. The Bertz CT molecular complexity index is 433. The van der Waals surface area contributed by atoms with Crippen molar-refractivity contribution in [3.63, 3.8) is 0 Å². The van der Waals surface area contributed by atoms with Crippen molar-refractivity contribution >= 4 is 21.7 Å². The van der Waals surface area contributed by atoms with Crippen molar-refractivity contribution in [3.05, 3.63) is 22.2 Å². The number of rotatable bonds is 8. The molecule has 0 unspecified atom stereocenters. The van der Waals surface area contributed by atoms with Gasteiger partial charge in [-0.1, -0.05) is 0 Å². The lowest BCUT2D eigenvalue weighted by Crippen LogP contribution is -2.13. The van der Waals surface area contributed by atoms with Crippen molar-refractivity contribution in [2.75, 3.05) is 41.2 Å². The molecular formula is C13H17BrO5. The van der Waals surface area contributed by atoms with Crippen molar-refractivity contribution in [1.29, 1.82) is 0 Å². The van der Waals surface area contributed by atoms with E-state index in [1.807, 2.05) is 0 Å². The normalized spacial score (nSPS) is 10.3. The Balaban J connectivity index is 2.82. The van der Waals surface area contributed by atoms with Crippen LogP contribution in [0.3, 0.4) is 0 Å². The molecule has 0 bridgehead atoms. The van der Waals surface area contributed by atoms with Gasteiger partial charge in [-0.05, 0) is 28.1 Å². The molecule has 19 heavy (non-hydrogen) atoms. The Labute approximate surface area is 120 Å². The van der Waals surface area contributed by atoms with Crippen molar-refractivity contribution < 1.29 is 23.7 Å². The second-order valence-electron chi connectivity index (χ2n) is 3.63. The third-order valence-corrected chi connectivity index (χ3v) is 3.20. The van der Waals surface area contributed by atoms with Crippen molar-refractivity contribution in [3.8, 4) is 11.5 Å². The number of ether oxygens (including phenoxy) is 4. The quantitative estimate of drug-likeness (QED) is 0.540. The third kappa shape index (κ3) is 4.19. The van der Waals surface area contributed by atoms with Gasteiger partial charge in [0.1, 0.15) is 22.6 Å². The number of carbonyl (C=O) groups excluding carboxylic acids is 1. The summed E-state index contributed by atoms with van der Waals surface area (Å²) in [6.45, 7) is 0.817.